The second-order valence-electron chi connectivity index (χ2n) is 4.19. The van der Waals surface area contributed by atoms with Crippen molar-refractivity contribution in [2.24, 2.45) is 11.7 Å². The first-order valence-electron chi connectivity index (χ1n) is 5.48. The predicted molar refractivity (Wildman–Crippen MR) is 67.2 cm³/mol. The molecule has 0 unspecified atom stereocenters. The molecule has 1 rings (SSSR count). The molecular weight excluding hydrogens is 237 g/mol. The molecule has 0 saturated heterocycles. The van der Waals surface area contributed by atoms with Crippen LogP contribution in [-0.4, -0.2) is 18.5 Å². The molecule has 0 bridgehead atoms. The number of hydrogen-bond donors (Lipinski definition) is 3. The summed E-state index contributed by atoms with van der Waals surface area (Å²) in [4.78, 5) is 11.4. The molecule has 0 aliphatic carbocycles. The maximum Gasteiger partial charge on any atom is 0.411 e. The van der Waals surface area contributed by atoms with Gasteiger partial charge in [-0.3, -0.25) is 10.7 Å². The van der Waals surface area contributed by atoms with Gasteiger partial charge in [-0.25, -0.2) is 9.18 Å². The first-order chi connectivity index (χ1) is 8.41. The number of benzene rings is 1. The van der Waals surface area contributed by atoms with Crippen LogP contribution in [0, 0.1) is 17.1 Å². The largest absolute Gasteiger partial charge is 0.449 e. The fourth-order valence-electron chi connectivity index (χ4n) is 1.29. The fourth-order valence-corrected chi connectivity index (χ4v) is 1.29. The van der Waals surface area contributed by atoms with Crippen LogP contribution in [0.2, 0.25) is 0 Å². The maximum atomic E-state index is 13.5. The van der Waals surface area contributed by atoms with E-state index >= 15 is 0 Å². The average molecular weight is 253 g/mol. The van der Waals surface area contributed by atoms with Gasteiger partial charge in [0.15, 0.2) is 0 Å². The lowest BCUT2D eigenvalue weighted by atomic mass is 10.1. The standard InChI is InChI=1S/C12H16FN3O2/c1-7(2)6-18-12(17)16-9-5-3-4-8(13)10(9)11(14)15/h3-5,7H,6H2,1-2H3,(H3,14,15)(H,16,17). The Balaban J connectivity index is 2.81. The molecule has 0 atom stereocenters. The highest BCUT2D eigenvalue weighted by Gasteiger charge is 2.14. The van der Waals surface area contributed by atoms with E-state index in [9.17, 15) is 9.18 Å². The average Bonchev–Trinajstić information content (AvgIpc) is 2.26. The number of amides is 1. The van der Waals surface area contributed by atoms with E-state index in [1.807, 2.05) is 13.8 Å². The third-order valence-corrected chi connectivity index (χ3v) is 2.07. The molecule has 1 aromatic rings. The second kappa shape index (κ2) is 6.00. The smallest absolute Gasteiger partial charge is 0.411 e. The summed E-state index contributed by atoms with van der Waals surface area (Å²) in [7, 11) is 0. The molecule has 0 aliphatic heterocycles. The molecule has 4 N–H and O–H groups in total. The van der Waals surface area contributed by atoms with Crippen LogP contribution >= 0.6 is 0 Å². The number of nitrogens with one attached hydrogen (secondary N) is 2. The Morgan fingerprint density at radius 1 is 1.56 bits per heavy atom. The van der Waals surface area contributed by atoms with Crippen molar-refractivity contribution in [2.75, 3.05) is 11.9 Å². The SMILES string of the molecule is CC(C)COC(=O)Nc1cccc(F)c1C(=N)N. The van der Waals surface area contributed by atoms with Gasteiger partial charge in [0, 0.05) is 0 Å². The number of rotatable bonds is 4. The summed E-state index contributed by atoms with van der Waals surface area (Å²) in [6, 6.07) is 4.04. The van der Waals surface area contributed by atoms with E-state index in [1.165, 1.54) is 18.2 Å². The summed E-state index contributed by atoms with van der Waals surface area (Å²) in [5, 5.41) is 9.64. The number of anilines is 1. The third kappa shape index (κ3) is 3.73. The zero-order valence-electron chi connectivity index (χ0n) is 10.3. The minimum Gasteiger partial charge on any atom is -0.449 e. The second-order valence-corrected chi connectivity index (χ2v) is 4.19. The van der Waals surface area contributed by atoms with Crippen LogP contribution in [0.25, 0.3) is 0 Å². The van der Waals surface area contributed by atoms with E-state index in [4.69, 9.17) is 15.9 Å². The topological polar surface area (TPSA) is 88.2 Å². The number of carbonyl (C=O) groups is 1. The van der Waals surface area contributed by atoms with Gasteiger partial charge < -0.3 is 10.5 Å². The van der Waals surface area contributed by atoms with Crippen molar-refractivity contribution in [3.05, 3.63) is 29.6 Å². The van der Waals surface area contributed by atoms with E-state index in [0.717, 1.165) is 0 Å². The van der Waals surface area contributed by atoms with Gasteiger partial charge in [-0.15, -0.1) is 0 Å². The van der Waals surface area contributed by atoms with Gasteiger partial charge >= 0.3 is 6.09 Å². The maximum absolute atomic E-state index is 13.5. The monoisotopic (exact) mass is 253 g/mol. The Kier molecular flexibility index (Phi) is 4.65. The third-order valence-electron chi connectivity index (χ3n) is 2.07. The number of carbonyl (C=O) groups excluding carboxylic acids is 1. The van der Waals surface area contributed by atoms with Gasteiger partial charge in [0.2, 0.25) is 0 Å². The number of ether oxygens (including phenoxy) is 1. The van der Waals surface area contributed by atoms with Crippen molar-refractivity contribution in [2.45, 2.75) is 13.8 Å². The van der Waals surface area contributed by atoms with Crippen molar-refractivity contribution in [1.29, 1.82) is 5.41 Å². The molecule has 0 radical (unpaired) electrons. The summed E-state index contributed by atoms with van der Waals surface area (Å²) in [6.07, 6.45) is -0.697. The van der Waals surface area contributed by atoms with Crippen LogP contribution < -0.4 is 11.1 Å². The summed E-state index contributed by atoms with van der Waals surface area (Å²) >= 11 is 0. The number of halogens is 1. The Hall–Kier alpha value is -2.11. The van der Waals surface area contributed by atoms with Gasteiger partial charge in [-0.05, 0) is 18.1 Å². The highest BCUT2D eigenvalue weighted by Crippen LogP contribution is 2.18. The normalized spacial score (nSPS) is 10.2. The molecular formula is C12H16FN3O2. The lowest BCUT2D eigenvalue weighted by Crippen LogP contribution is -2.21. The van der Waals surface area contributed by atoms with Crippen LogP contribution in [0.3, 0.4) is 0 Å². The predicted octanol–water partition coefficient (Wildman–Crippen LogP) is 2.31. The number of hydrogen-bond acceptors (Lipinski definition) is 3. The molecule has 0 aliphatic rings. The van der Waals surface area contributed by atoms with Crippen LogP contribution in [-0.2, 0) is 4.74 Å². The number of amidine groups is 1. The van der Waals surface area contributed by atoms with Gasteiger partial charge in [0.05, 0.1) is 17.9 Å². The van der Waals surface area contributed by atoms with Crippen molar-refractivity contribution >= 4 is 17.6 Å². The van der Waals surface area contributed by atoms with Crippen molar-refractivity contribution in [3.63, 3.8) is 0 Å². The van der Waals surface area contributed by atoms with Crippen molar-refractivity contribution < 1.29 is 13.9 Å². The summed E-state index contributed by atoms with van der Waals surface area (Å²) < 4.78 is 18.4. The molecule has 0 heterocycles. The summed E-state index contributed by atoms with van der Waals surface area (Å²) in [5.74, 6) is -0.910. The summed E-state index contributed by atoms with van der Waals surface area (Å²) in [5.41, 5.74) is 5.25. The fraction of sp³-hybridized carbons (Fsp3) is 0.333. The molecule has 1 aromatic carbocycles. The quantitative estimate of drug-likeness (QED) is 0.568. The minimum atomic E-state index is -0.697. The van der Waals surface area contributed by atoms with E-state index in [1.54, 1.807) is 0 Å². The van der Waals surface area contributed by atoms with E-state index in [0.29, 0.717) is 0 Å². The Bertz CT molecular complexity index is 461. The molecule has 5 nitrogen and oxygen atoms in total. The number of nitrogen functional groups attached to an aromatic ring is 1. The van der Waals surface area contributed by atoms with Crippen LogP contribution in [0.5, 0.6) is 0 Å². The highest BCUT2D eigenvalue weighted by atomic mass is 19.1. The van der Waals surface area contributed by atoms with Crippen LogP contribution in [0.15, 0.2) is 18.2 Å². The lowest BCUT2D eigenvalue weighted by molar-refractivity contribution is 0.147. The Morgan fingerprint density at radius 2 is 2.22 bits per heavy atom. The highest BCUT2D eigenvalue weighted by molar-refractivity contribution is 6.03. The Morgan fingerprint density at radius 3 is 2.78 bits per heavy atom. The van der Waals surface area contributed by atoms with Gasteiger partial charge in [0.1, 0.15) is 11.7 Å². The molecule has 0 aromatic heterocycles. The van der Waals surface area contributed by atoms with Crippen LogP contribution in [0.4, 0.5) is 14.9 Å². The van der Waals surface area contributed by atoms with E-state index < -0.39 is 17.7 Å². The first kappa shape index (κ1) is 14.0. The molecule has 6 heteroatoms. The van der Waals surface area contributed by atoms with Gasteiger partial charge in [-0.2, -0.15) is 0 Å². The molecule has 18 heavy (non-hydrogen) atoms. The van der Waals surface area contributed by atoms with Gasteiger partial charge in [-0.1, -0.05) is 19.9 Å². The molecule has 0 spiro atoms. The zero-order chi connectivity index (χ0) is 13.7. The van der Waals surface area contributed by atoms with Gasteiger partial charge in [0.25, 0.3) is 0 Å². The zero-order valence-corrected chi connectivity index (χ0v) is 10.3. The molecule has 98 valence electrons. The summed E-state index contributed by atoms with van der Waals surface area (Å²) in [6.45, 7) is 4.06. The first-order valence-corrected chi connectivity index (χ1v) is 5.48. The lowest BCUT2D eigenvalue weighted by Gasteiger charge is -2.12. The molecule has 0 saturated carbocycles. The minimum absolute atomic E-state index is 0.122. The number of nitrogens with two attached hydrogens (primary N) is 1. The van der Waals surface area contributed by atoms with E-state index in [-0.39, 0.29) is 23.8 Å². The van der Waals surface area contributed by atoms with E-state index in [2.05, 4.69) is 5.32 Å². The van der Waals surface area contributed by atoms with Crippen LogP contribution in [0.1, 0.15) is 19.4 Å². The van der Waals surface area contributed by atoms with Crippen molar-refractivity contribution in [1.82, 2.24) is 0 Å². The molecule has 1 amide bonds. The Labute approximate surface area is 105 Å². The van der Waals surface area contributed by atoms with Crippen molar-refractivity contribution in [3.8, 4) is 0 Å². The molecule has 0 fully saturated rings.